The molecule has 92 valence electrons. The Morgan fingerprint density at radius 3 is 2.88 bits per heavy atom. The summed E-state index contributed by atoms with van der Waals surface area (Å²) in [5.74, 6) is -0.735. The lowest BCUT2D eigenvalue weighted by Crippen LogP contribution is -1.97. The number of halogens is 3. The molecule has 0 nitrogen and oxygen atoms in total. The molecule has 1 aliphatic rings. The topological polar surface area (TPSA) is 0 Å². The summed E-state index contributed by atoms with van der Waals surface area (Å²) < 4.78 is 26.5. The number of alkyl halides is 1. The second kappa shape index (κ2) is 5.63. The molecule has 0 heterocycles. The van der Waals surface area contributed by atoms with Crippen LogP contribution in [0.5, 0.6) is 0 Å². The van der Waals surface area contributed by atoms with E-state index in [0.717, 1.165) is 37.3 Å². The van der Waals surface area contributed by atoms with E-state index in [-0.39, 0.29) is 11.2 Å². The minimum atomic E-state index is -0.391. The molecule has 3 heteroatoms. The minimum absolute atomic E-state index is 0.0316. The molecule has 1 aliphatic carbocycles. The van der Waals surface area contributed by atoms with E-state index in [9.17, 15) is 8.78 Å². The summed E-state index contributed by atoms with van der Waals surface area (Å²) in [7, 11) is 0. The summed E-state index contributed by atoms with van der Waals surface area (Å²) in [6.07, 6.45) is 6.54. The van der Waals surface area contributed by atoms with E-state index in [2.05, 4.69) is 0 Å². The van der Waals surface area contributed by atoms with Crippen LogP contribution in [0.4, 0.5) is 8.78 Å². The van der Waals surface area contributed by atoms with E-state index in [4.69, 9.17) is 11.6 Å². The van der Waals surface area contributed by atoms with Gasteiger partial charge in [0.15, 0.2) is 0 Å². The molecule has 17 heavy (non-hydrogen) atoms. The Morgan fingerprint density at radius 2 is 2.06 bits per heavy atom. The van der Waals surface area contributed by atoms with Gasteiger partial charge in [0.2, 0.25) is 0 Å². The SMILES string of the molecule is Fc1ccc(F)c(CC2=CC(Cl)CCCC2)c1. The molecule has 1 atom stereocenters. The lowest BCUT2D eigenvalue weighted by atomic mass is 10.0. The fourth-order valence-electron chi connectivity index (χ4n) is 2.18. The first-order valence-electron chi connectivity index (χ1n) is 5.93. The van der Waals surface area contributed by atoms with E-state index >= 15 is 0 Å². The van der Waals surface area contributed by atoms with Gasteiger partial charge in [-0.3, -0.25) is 0 Å². The second-order valence-corrected chi connectivity index (χ2v) is 5.06. The van der Waals surface area contributed by atoms with E-state index < -0.39 is 5.82 Å². The Labute approximate surface area is 105 Å². The van der Waals surface area contributed by atoms with E-state index in [1.54, 1.807) is 0 Å². The Morgan fingerprint density at radius 1 is 1.24 bits per heavy atom. The maximum atomic E-state index is 13.5. The van der Waals surface area contributed by atoms with Crippen LogP contribution in [0.2, 0.25) is 0 Å². The largest absolute Gasteiger partial charge is 0.207 e. The second-order valence-electron chi connectivity index (χ2n) is 4.50. The fraction of sp³-hybridized carbons (Fsp3) is 0.429. The quantitative estimate of drug-likeness (QED) is 0.535. The zero-order chi connectivity index (χ0) is 12.3. The van der Waals surface area contributed by atoms with Crippen LogP contribution in [-0.2, 0) is 6.42 Å². The summed E-state index contributed by atoms with van der Waals surface area (Å²) in [5.41, 5.74) is 1.54. The van der Waals surface area contributed by atoms with Crippen molar-refractivity contribution in [2.75, 3.05) is 0 Å². The highest BCUT2D eigenvalue weighted by Gasteiger charge is 2.12. The van der Waals surface area contributed by atoms with Gasteiger partial charge in [0, 0.05) is 0 Å². The van der Waals surface area contributed by atoms with Gasteiger partial charge >= 0.3 is 0 Å². The smallest absolute Gasteiger partial charge is 0.126 e. The predicted molar refractivity (Wildman–Crippen MR) is 66.3 cm³/mol. The standard InChI is InChI=1S/C14H15ClF2/c15-12-4-2-1-3-10(8-12)7-11-9-13(16)5-6-14(11)17/h5-6,8-9,12H,1-4,7H2. The van der Waals surface area contributed by atoms with Crippen LogP contribution in [0.3, 0.4) is 0 Å². The predicted octanol–water partition coefficient (Wildman–Crippen LogP) is 4.62. The monoisotopic (exact) mass is 256 g/mol. The van der Waals surface area contributed by atoms with Gasteiger partial charge in [-0.25, -0.2) is 8.78 Å². The molecule has 0 aromatic heterocycles. The van der Waals surface area contributed by atoms with Crippen molar-refractivity contribution in [1.29, 1.82) is 0 Å². The first-order chi connectivity index (χ1) is 8.15. The number of hydrogen-bond acceptors (Lipinski definition) is 0. The van der Waals surface area contributed by atoms with Crippen molar-refractivity contribution in [3.63, 3.8) is 0 Å². The molecule has 0 spiro atoms. The minimum Gasteiger partial charge on any atom is -0.207 e. The molecule has 0 bridgehead atoms. The highest BCUT2D eigenvalue weighted by atomic mass is 35.5. The van der Waals surface area contributed by atoms with Gasteiger partial charge in [0.1, 0.15) is 11.6 Å². The van der Waals surface area contributed by atoms with Crippen LogP contribution in [0.15, 0.2) is 29.8 Å². The number of rotatable bonds is 2. The average molecular weight is 257 g/mol. The van der Waals surface area contributed by atoms with E-state index in [1.807, 2.05) is 6.08 Å². The number of benzene rings is 1. The molecular weight excluding hydrogens is 242 g/mol. The van der Waals surface area contributed by atoms with E-state index in [0.29, 0.717) is 12.0 Å². The fourth-order valence-corrected chi connectivity index (χ4v) is 2.52. The number of allylic oxidation sites excluding steroid dienone is 2. The van der Waals surface area contributed by atoms with Gasteiger partial charge in [0.25, 0.3) is 0 Å². The van der Waals surface area contributed by atoms with Gasteiger partial charge < -0.3 is 0 Å². The van der Waals surface area contributed by atoms with Gasteiger partial charge in [-0.15, -0.1) is 11.6 Å². The maximum absolute atomic E-state index is 13.5. The molecule has 1 unspecified atom stereocenters. The van der Waals surface area contributed by atoms with Crippen LogP contribution in [-0.4, -0.2) is 5.38 Å². The molecule has 0 radical (unpaired) electrons. The molecule has 1 aromatic rings. The molecule has 0 amide bonds. The third-order valence-corrected chi connectivity index (χ3v) is 3.41. The van der Waals surface area contributed by atoms with Crippen LogP contribution in [0.25, 0.3) is 0 Å². The Hall–Kier alpha value is -0.890. The normalized spacial score (nSPS) is 20.9. The summed E-state index contributed by atoms with van der Waals surface area (Å²) >= 11 is 6.11. The lowest BCUT2D eigenvalue weighted by Gasteiger charge is -2.07. The molecular formula is C14H15ClF2. The molecule has 0 fully saturated rings. The molecule has 2 rings (SSSR count). The van der Waals surface area contributed by atoms with Crippen molar-refractivity contribution < 1.29 is 8.78 Å². The first kappa shape index (κ1) is 12.6. The first-order valence-corrected chi connectivity index (χ1v) is 6.36. The summed E-state index contributed by atoms with van der Waals surface area (Å²) in [6, 6.07) is 3.59. The van der Waals surface area contributed by atoms with Crippen LogP contribution in [0, 0.1) is 11.6 Å². The van der Waals surface area contributed by atoms with Gasteiger partial charge in [-0.2, -0.15) is 0 Å². The van der Waals surface area contributed by atoms with Crippen LogP contribution >= 0.6 is 11.6 Å². The molecule has 0 saturated heterocycles. The third kappa shape index (κ3) is 3.53. The Bertz CT molecular complexity index is 426. The summed E-state index contributed by atoms with van der Waals surface area (Å²) in [6.45, 7) is 0. The van der Waals surface area contributed by atoms with Crippen LogP contribution < -0.4 is 0 Å². The van der Waals surface area contributed by atoms with Gasteiger partial charge in [-0.1, -0.05) is 18.1 Å². The summed E-state index contributed by atoms with van der Waals surface area (Å²) in [4.78, 5) is 0. The zero-order valence-electron chi connectivity index (χ0n) is 9.56. The van der Waals surface area contributed by atoms with Crippen molar-refractivity contribution in [2.24, 2.45) is 0 Å². The highest BCUT2D eigenvalue weighted by molar-refractivity contribution is 6.21. The molecule has 0 N–H and O–H groups in total. The van der Waals surface area contributed by atoms with Gasteiger partial charge in [-0.05, 0) is 49.4 Å². The lowest BCUT2D eigenvalue weighted by molar-refractivity contribution is 0.586. The van der Waals surface area contributed by atoms with Crippen molar-refractivity contribution in [1.82, 2.24) is 0 Å². The molecule has 0 aliphatic heterocycles. The zero-order valence-corrected chi connectivity index (χ0v) is 10.3. The Balaban J connectivity index is 2.16. The number of hydrogen-bond donors (Lipinski definition) is 0. The molecule has 1 aromatic carbocycles. The molecule has 0 saturated carbocycles. The van der Waals surface area contributed by atoms with Crippen molar-refractivity contribution >= 4 is 11.6 Å². The van der Waals surface area contributed by atoms with E-state index in [1.165, 1.54) is 12.1 Å². The van der Waals surface area contributed by atoms with Crippen LogP contribution in [0.1, 0.15) is 31.2 Å². The van der Waals surface area contributed by atoms with Crippen molar-refractivity contribution in [3.05, 3.63) is 47.0 Å². The highest BCUT2D eigenvalue weighted by Crippen LogP contribution is 2.24. The van der Waals surface area contributed by atoms with Crippen molar-refractivity contribution in [3.8, 4) is 0 Å². The third-order valence-electron chi connectivity index (χ3n) is 3.07. The maximum Gasteiger partial charge on any atom is 0.126 e. The van der Waals surface area contributed by atoms with Gasteiger partial charge in [0.05, 0.1) is 5.38 Å². The average Bonchev–Trinajstić information content (AvgIpc) is 2.48. The Kier molecular flexibility index (Phi) is 4.16. The van der Waals surface area contributed by atoms with Crippen molar-refractivity contribution in [2.45, 2.75) is 37.5 Å². The summed E-state index contributed by atoms with van der Waals surface area (Å²) in [5, 5.41) is 0.0316.